The van der Waals surface area contributed by atoms with Crippen molar-refractivity contribution in [1.29, 1.82) is 0 Å². The first-order valence-corrected chi connectivity index (χ1v) is 7.33. The number of nitrogens with two attached hydrogens (primary N) is 1. The van der Waals surface area contributed by atoms with Crippen LogP contribution in [0.2, 0.25) is 0 Å². The summed E-state index contributed by atoms with van der Waals surface area (Å²) >= 11 is 1.34. The zero-order chi connectivity index (χ0) is 14.7. The number of nitrogen functional groups attached to an aromatic ring is 1. The molecule has 0 aliphatic carbocycles. The van der Waals surface area contributed by atoms with Gasteiger partial charge in [0.05, 0.1) is 6.61 Å². The fourth-order valence-electron chi connectivity index (χ4n) is 1.76. The van der Waals surface area contributed by atoms with Gasteiger partial charge in [0.1, 0.15) is 16.4 Å². The molecule has 0 aliphatic rings. The number of rotatable bonds is 4. The third-order valence-corrected chi connectivity index (χ3v) is 3.35. The van der Waals surface area contributed by atoms with Crippen LogP contribution in [0.25, 0.3) is 5.82 Å². The molecule has 20 heavy (non-hydrogen) atoms. The fraction of sp³-hybridized carbons (Fsp3) is 0.308. The van der Waals surface area contributed by atoms with E-state index in [2.05, 4.69) is 10.1 Å². The van der Waals surface area contributed by atoms with Crippen molar-refractivity contribution in [2.45, 2.75) is 18.9 Å². The van der Waals surface area contributed by atoms with Gasteiger partial charge in [0.25, 0.3) is 0 Å². The summed E-state index contributed by atoms with van der Waals surface area (Å²) in [4.78, 5) is 16.2. The van der Waals surface area contributed by atoms with E-state index in [-0.39, 0.29) is 5.82 Å². The molecule has 2 heterocycles. The number of thioether (sulfide) groups is 1. The van der Waals surface area contributed by atoms with E-state index in [1.807, 2.05) is 25.3 Å². The molecule has 2 aromatic heterocycles. The molecule has 6 nitrogen and oxygen atoms in total. The zero-order valence-corrected chi connectivity index (χ0v) is 12.4. The molecule has 0 aliphatic heterocycles. The summed E-state index contributed by atoms with van der Waals surface area (Å²) in [6.45, 7) is 3.99. The lowest BCUT2D eigenvalue weighted by Crippen LogP contribution is -2.10. The Morgan fingerprint density at radius 3 is 2.90 bits per heavy atom. The maximum atomic E-state index is 12.0. The van der Waals surface area contributed by atoms with E-state index in [1.54, 1.807) is 13.1 Å². The highest BCUT2D eigenvalue weighted by atomic mass is 32.2. The summed E-state index contributed by atoms with van der Waals surface area (Å²) in [6, 6.07) is 3.73. The van der Waals surface area contributed by atoms with Crippen LogP contribution in [0.5, 0.6) is 0 Å². The minimum absolute atomic E-state index is 0.242. The predicted molar refractivity (Wildman–Crippen MR) is 78.2 cm³/mol. The first-order valence-electron chi connectivity index (χ1n) is 6.11. The molecule has 0 aromatic carbocycles. The maximum Gasteiger partial charge on any atom is 0.344 e. The third-order valence-electron chi connectivity index (χ3n) is 2.68. The van der Waals surface area contributed by atoms with Crippen LogP contribution >= 0.6 is 11.8 Å². The van der Waals surface area contributed by atoms with Gasteiger partial charge >= 0.3 is 5.97 Å². The molecule has 0 fully saturated rings. The predicted octanol–water partition coefficient (Wildman–Crippen LogP) is 2.06. The number of nitrogens with zero attached hydrogens (tertiary/aromatic N) is 3. The Kier molecular flexibility index (Phi) is 4.29. The van der Waals surface area contributed by atoms with E-state index < -0.39 is 5.97 Å². The second-order valence-electron chi connectivity index (χ2n) is 4.09. The first kappa shape index (κ1) is 14.4. The van der Waals surface area contributed by atoms with Crippen molar-refractivity contribution < 1.29 is 9.53 Å². The molecule has 0 saturated heterocycles. The summed E-state index contributed by atoms with van der Waals surface area (Å²) in [5.74, 6) is 0.354. The number of pyridine rings is 1. The Morgan fingerprint density at radius 1 is 1.55 bits per heavy atom. The van der Waals surface area contributed by atoms with E-state index in [9.17, 15) is 4.79 Å². The van der Waals surface area contributed by atoms with Crippen LogP contribution in [0.15, 0.2) is 23.4 Å². The Bertz CT molecular complexity index is 639. The molecular weight excluding hydrogens is 276 g/mol. The van der Waals surface area contributed by atoms with Gasteiger partial charge in [-0.25, -0.2) is 9.78 Å². The lowest BCUT2D eigenvalue weighted by atomic mass is 10.3. The molecule has 0 saturated carbocycles. The molecule has 2 aromatic rings. The van der Waals surface area contributed by atoms with Gasteiger partial charge in [-0.3, -0.25) is 0 Å². The summed E-state index contributed by atoms with van der Waals surface area (Å²) in [7, 11) is 0. The van der Waals surface area contributed by atoms with E-state index in [0.717, 1.165) is 5.56 Å². The summed E-state index contributed by atoms with van der Waals surface area (Å²) in [5, 5.41) is 4.87. The van der Waals surface area contributed by atoms with Gasteiger partial charge in [0, 0.05) is 6.20 Å². The number of aryl methyl sites for hydroxylation is 1. The molecule has 0 bridgehead atoms. The fourth-order valence-corrected chi connectivity index (χ4v) is 2.31. The number of ether oxygens (including phenoxy) is 1. The monoisotopic (exact) mass is 292 g/mol. The van der Waals surface area contributed by atoms with E-state index >= 15 is 0 Å². The van der Waals surface area contributed by atoms with Crippen LogP contribution in [0.1, 0.15) is 22.8 Å². The standard InChI is InChI=1S/C13H16N4O2S/c1-4-19-13(18)10-11(14)17(16-12(10)20-3)9-7-8(2)5-6-15-9/h5-7H,4,14H2,1-3H3. The number of anilines is 1. The average molecular weight is 292 g/mol. The average Bonchev–Trinajstić information content (AvgIpc) is 2.76. The maximum absolute atomic E-state index is 12.0. The molecular formula is C13H16N4O2S. The summed E-state index contributed by atoms with van der Waals surface area (Å²) in [6.07, 6.45) is 3.51. The van der Waals surface area contributed by atoms with E-state index in [1.165, 1.54) is 16.4 Å². The topological polar surface area (TPSA) is 83.0 Å². The van der Waals surface area contributed by atoms with Gasteiger partial charge in [-0.2, -0.15) is 9.78 Å². The minimum Gasteiger partial charge on any atom is -0.462 e. The molecule has 0 atom stereocenters. The molecule has 7 heteroatoms. The Morgan fingerprint density at radius 2 is 2.30 bits per heavy atom. The molecule has 2 rings (SSSR count). The van der Waals surface area contributed by atoms with Crippen molar-refractivity contribution >= 4 is 23.5 Å². The molecule has 0 radical (unpaired) electrons. The second kappa shape index (κ2) is 5.96. The number of aromatic nitrogens is 3. The van der Waals surface area contributed by atoms with Crippen molar-refractivity contribution in [3.05, 3.63) is 29.5 Å². The zero-order valence-electron chi connectivity index (χ0n) is 11.6. The van der Waals surface area contributed by atoms with Gasteiger partial charge in [-0.05, 0) is 37.8 Å². The van der Waals surface area contributed by atoms with Gasteiger partial charge < -0.3 is 10.5 Å². The number of esters is 1. The highest BCUT2D eigenvalue weighted by molar-refractivity contribution is 7.98. The van der Waals surface area contributed by atoms with Crippen LogP contribution in [-0.4, -0.2) is 33.6 Å². The largest absolute Gasteiger partial charge is 0.462 e. The highest BCUT2D eigenvalue weighted by Crippen LogP contribution is 2.27. The molecule has 0 amide bonds. The molecule has 106 valence electrons. The van der Waals surface area contributed by atoms with E-state index in [0.29, 0.717) is 23.0 Å². The normalized spacial score (nSPS) is 10.6. The number of hydrogen-bond donors (Lipinski definition) is 1. The van der Waals surface area contributed by atoms with Crippen molar-refractivity contribution in [3.63, 3.8) is 0 Å². The van der Waals surface area contributed by atoms with E-state index in [4.69, 9.17) is 10.5 Å². The first-order chi connectivity index (χ1) is 9.58. The van der Waals surface area contributed by atoms with Crippen LogP contribution in [0.3, 0.4) is 0 Å². The second-order valence-corrected chi connectivity index (χ2v) is 4.89. The lowest BCUT2D eigenvalue weighted by molar-refractivity contribution is 0.0523. The lowest BCUT2D eigenvalue weighted by Gasteiger charge is -2.04. The van der Waals surface area contributed by atoms with Gasteiger partial charge in [0.2, 0.25) is 0 Å². The van der Waals surface area contributed by atoms with Crippen molar-refractivity contribution in [2.24, 2.45) is 0 Å². The van der Waals surface area contributed by atoms with Crippen molar-refractivity contribution in [3.8, 4) is 5.82 Å². The summed E-state index contributed by atoms with van der Waals surface area (Å²) < 4.78 is 6.48. The minimum atomic E-state index is -0.465. The molecule has 2 N–H and O–H groups in total. The Balaban J connectivity index is 2.54. The smallest absolute Gasteiger partial charge is 0.344 e. The highest BCUT2D eigenvalue weighted by Gasteiger charge is 2.23. The third kappa shape index (κ3) is 2.62. The Hall–Kier alpha value is -2.02. The molecule has 0 spiro atoms. The number of carbonyl (C=O) groups is 1. The number of hydrogen-bond acceptors (Lipinski definition) is 6. The van der Waals surface area contributed by atoms with Gasteiger partial charge in [-0.1, -0.05) is 0 Å². The van der Waals surface area contributed by atoms with Crippen LogP contribution in [0.4, 0.5) is 5.82 Å². The van der Waals surface area contributed by atoms with Crippen LogP contribution < -0.4 is 5.73 Å². The van der Waals surface area contributed by atoms with Gasteiger partial charge in [0.15, 0.2) is 5.82 Å². The summed E-state index contributed by atoms with van der Waals surface area (Å²) in [5.41, 5.74) is 7.37. The Labute approximate surface area is 121 Å². The SMILES string of the molecule is CCOC(=O)c1c(SC)nn(-c2cc(C)ccn2)c1N. The van der Waals surface area contributed by atoms with Crippen LogP contribution in [0, 0.1) is 6.92 Å². The number of carbonyl (C=O) groups excluding carboxylic acids is 1. The quantitative estimate of drug-likeness (QED) is 0.686. The van der Waals surface area contributed by atoms with Crippen molar-refractivity contribution in [1.82, 2.24) is 14.8 Å². The van der Waals surface area contributed by atoms with Crippen molar-refractivity contribution in [2.75, 3.05) is 18.6 Å². The van der Waals surface area contributed by atoms with Gasteiger partial charge in [-0.15, -0.1) is 11.8 Å². The molecule has 0 unspecified atom stereocenters. The van der Waals surface area contributed by atoms with Crippen LogP contribution in [-0.2, 0) is 4.74 Å².